The fourth-order valence-corrected chi connectivity index (χ4v) is 16.7. The highest BCUT2D eigenvalue weighted by Crippen LogP contribution is 2.58. The summed E-state index contributed by atoms with van der Waals surface area (Å²) in [6.45, 7) is 23.0. The first-order valence-electron chi connectivity index (χ1n) is 12.5. The summed E-state index contributed by atoms with van der Waals surface area (Å²) in [6, 6.07) is 0. The molecule has 34 heavy (non-hydrogen) atoms. The standard InChI is InChI=1S/C25H40O5S2Si2/c1-10-16(3)33(6,7)30-34(8,9)24-20-18(27-13-15-29-20)22(32-24)21-17-19(28-14-12-26-17)23(31-21)25(4,5)11-2/h16H,10-15H2,1-9H3. The van der Waals surface area contributed by atoms with Crippen molar-refractivity contribution in [2.75, 3.05) is 26.4 Å². The van der Waals surface area contributed by atoms with Crippen molar-refractivity contribution in [2.45, 2.75) is 84.6 Å². The van der Waals surface area contributed by atoms with E-state index in [1.54, 1.807) is 22.7 Å². The fraction of sp³-hybridized carbons (Fsp3) is 0.680. The molecular formula is C25H40O5S2Si2. The van der Waals surface area contributed by atoms with E-state index in [0.717, 1.165) is 45.6 Å². The van der Waals surface area contributed by atoms with E-state index in [2.05, 4.69) is 60.8 Å². The lowest BCUT2D eigenvalue weighted by molar-refractivity contribution is 0.170. The predicted octanol–water partition coefficient (Wildman–Crippen LogP) is 7.14. The van der Waals surface area contributed by atoms with Crippen molar-refractivity contribution in [2.24, 2.45) is 0 Å². The molecule has 2 aliphatic heterocycles. The van der Waals surface area contributed by atoms with Crippen molar-refractivity contribution in [1.82, 2.24) is 0 Å². The topological polar surface area (TPSA) is 46.2 Å². The zero-order chi connectivity index (χ0) is 24.9. The van der Waals surface area contributed by atoms with E-state index in [1.807, 2.05) is 0 Å². The molecule has 0 amide bonds. The Balaban J connectivity index is 1.85. The molecule has 4 heterocycles. The maximum atomic E-state index is 7.07. The third-order valence-corrected chi connectivity index (χ3v) is 20.0. The molecule has 0 spiro atoms. The smallest absolute Gasteiger partial charge is 0.221 e. The predicted molar refractivity (Wildman–Crippen MR) is 148 cm³/mol. The summed E-state index contributed by atoms with van der Waals surface area (Å²) in [6.07, 6.45) is 2.17. The molecule has 2 aliphatic rings. The molecule has 2 aromatic rings. The molecule has 4 rings (SSSR count). The average molecular weight is 541 g/mol. The van der Waals surface area contributed by atoms with Crippen LogP contribution in [0.1, 0.15) is 52.3 Å². The third kappa shape index (κ3) is 4.58. The second-order valence-electron chi connectivity index (χ2n) is 11.0. The van der Waals surface area contributed by atoms with Crippen molar-refractivity contribution in [3.8, 4) is 32.8 Å². The van der Waals surface area contributed by atoms with Gasteiger partial charge in [-0.15, -0.1) is 22.7 Å². The van der Waals surface area contributed by atoms with Gasteiger partial charge in [0, 0.05) is 5.41 Å². The molecule has 1 atom stereocenters. The van der Waals surface area contributed by atoms with E-state index >= 15 is 0 Å². The Labute approximate surface area is 215 Å². The van der Waals surface area contributed by atoms with E-state index in [9.17, 15) is 0 Å². The zero-order valence-electron chi connectivity index (χ0n) is 22.2. The van der Waals surface area contributed by atoms with Crippen molar-refractivity contribution in [3.05, 3.63) is 4.88 Å². The molecule has 0 fully saturated rings. The maximum Gasteiger partial charge on any atom is 0.221 e. The Morgan fingerprint density at radius 3 is 1.88 bits per heavy atom. The van der Waals surface area contributed by atoms with Crippen LogP contribution in [0.25, 0.3) is 9.75 Å². The van der Waals surface area contributed by atoms with Gasteiger partial charge in [-0.3, -0.25) is 0 Å². The molecule has 9 heteroatoms. The highest BCUT2D eigenvalue weighted by Gasteiger charge is 2.44. The molecule has 0 saturated heterocycles. The lowest BCUT2D eigenvalue weighted by Crippen LogP contribution is -2.53. The molecular weight excluding hydrogens is 501 g/mol. The van der Waals surface area contributed by atoms with Crippen LogP contribution < -0.4 is 23.4 Å². The van der Waals surface area contributed by atoms with Gasteiger partial charge in [-0.2, -0.15) is 0 Å². The molecule has 0 saturated carbocycles. The van der Waals surface area contributed by atoms with Crippen LogP contribution >= 0.6 is 22.7 Å². The number of hydrogen-bond donors (Lipinski definition) is 0. The van der Waals surface area contributed by atoms with Gasteiger partial charge in [0.15, 0.2) is 31.3 Å². The molecule has 0 aliphatic carbocycles. The van der Waals surface area contributed by atoms with E-state index in [-0.39, 0.29) is 5.41 Å². The summed E-state index contributed by atoms with van der Waals surface area (Å²) in [7, 11) is -4.11. The van der Waals surface area contributed by atoms with Crippen molar-refractivity contribution in [1.29, 1.82) is 0 Å². The lowest BCUT2D eigenvalue weighted by Gasteiger charge is -2.37. The van der Waals surface area contributed by atoms with Crippen LogP contribution in [-0.4, -0.2) is 43.1 Å². The minimum Gasteiger partial charge on any atom is -0.485 e. The molecule has 0 N–H and O–H groups in total. The Bertz CT molecular complexity index is 1040. The number of rotatable bonds is 8. The van der Waals surface area contributed by atoms with Gasteiger partial charge >= 0.3 is 0 Å². The molecule has 0 aromatic carbocycles. The minimum absolute atomic E-state index is 0.00819. The summed E-state index contributed by atoms with van der Waals surface area (Å²) in [5.41, 5.74) is 0.606. The second-order valence-corrected chi connectivity index (χ2v) is 21.9. The Kier molecular flexibility index (Phi) is 7.25. The molecule has 2 aromatic heterocycles. The maximum absolute atomic E-state index is 7.07. The fourth-order valence-electron chi connectivity index (χ4n) is 4.50. The first-order chi connectivity index (χ1) is 15.9. The molecule has 0 radical (unpaired) electrons. The van der Waals surface area contributed by atoms with Crippen LogP contribution in [-0.2, 0) is 9.53 Å². The van der Waals surface area contributed by atoms with Crippen LogP contribution in [0.3, 0.4) is 0 Å². The summed E-state index contributed by atoms with van der Waals surface area (Å²) < 4.78 is 33.2. The van der Waals surface area contributed by atoms with Crippen LogP contribution in [0.5, 0.6) is 23.0 Å². The normalized spacial score (nSPS) is 17.1. The summed E-state index contributed by atoms with van der Waals surface area (Å²) in [4.78, 5) is 3.45. The van der Waals surface area contributed by atoms with Gasteiger partial charge in [-0.1, -0.05) is 41.0 Å². The van der Waals surface area contributed by atoms with E-state index in [0.29, 0.717) is 32.0 Å². The first-order valence-corrected chi connectivity index (χ1v) is 20.0. The van der Waals surface area contributed by atoms with E-state index in [4.69, 9.17) is 23.1 Å². The van der Waals surface area contributed by atoms with Crippen molar-refractivity contribution < 1.29 is 23.1 Å². The number of hydrogen-bond acceptors (Lipinski definition) is 7. The van der Waals surface area contributed by atoms with Gasteiger partial charge in [-0.05, 0) is 38.2 Å². The lowest BCUT2D eigenvalue weighted by atomic mass is 9.88. The quantitative estimate of drug-likeness (QED) is 0.333. The van der Waals surface area contributed by atoms with Gasteiger partial charge in [0.25, 0.3) is 0 Å². The number of thiophene rings is 2. The zero-order valence-corrected chi connectivity index (χ0v) is 25.8. The SMILES string of the molecule is CCC(C)[Si](C)(C)O[Si](C)(C)c1sc(-c2sc(C(C)(C)CC)c3c2OCCO3)c2c1OCCO2. The summed E-state index contributed by atoms with van der Waals surface area (Å²) in [5, 5.41) is 0. The number of fused-ring (bicyclic) bond motifs is 2. The summed E-state index contributed by atoms with van der Waals surface area (Å²) in [5.74, 6) is 3.54. The first kappa shape index (κ1) is 26.1. The van der Waals surface area contributed by atoms with Crippen molar-refractivity contribution >= 4 is 43.8 Å². The monoisotopic (exact) mass is 540 g/mol. The summed E-state index contributed by atoms with van der Waals surface area (Å²) >= 11 is 3.57. The Hall–Kier alpha value is -1.01. The van der Waals surface area contributed by atoms with Crippen molar-refractivity contribution in [3.63, 3.8) is 0 Å². The van der Waals surface area contributed by atoms with E-state index < -0.39 is 16.6 Å². The molecule has 190 valence electrons. The largest absolute Gasteiger partial charge is 0.485 e. The van der Waals surface area contributed by atoms with Crippen LogP contribution in [0.4, 0.5) is 0 Å². The highest BCUT2D eigenvalue weighted by atomic mass is 32.1. The van der Waals surface area contributed by atoms with Gasteiger partial charge in [0.2, 0.25) is 8.32 Å². The molecule has 1 unspecified atom stereocenters. The van der Waals surface area contributed by atoms with Crippen LogP contribution in [0.2, 0.25) is 31.7 Å². The highest BCUT2D eigenvalue weighted by molar-refractivity contribution is 7.31. The molecule has 0 bridgehead atoms. The molecule has 5 nitrogen and oxygen atoms in total. The Morgan fingerprint density at radius 2 is 1.32 bits per heavy atom. The number of ether oxygens (including phenoxy) is 4. The second kappa shape index (κ2) is 9.46. The van der Waals surface area contributed by atoms with E-state index in [1.165, 1.54) is 9.38 Å². The van der Waals surface area contributed by atoms with Gasteiger partial charge in [-0.25, -0.2) is 0 Å². The van der Waals surface area contributed by atoms with Crippen LogP contribution in [0.15, 0.2) is 0 Å². The Morgan fingerprint density at radius 1 is 0.824 bits per heavy atom. The minimum atomic E-state index is -2.25. The van der Waals surface area contributed by atoms with Gasteiger partial charge in [0.05, 0.1) is 19.1 Å². The average Bonchev–Trinajstić information content (AvgIpc) is 3.37. The third-order valence-electron chi connectivity index (χ3n) is 7.37. The van der Waals surface area contributed by atoms with Crippen LogP contribution in [0, 0.1) is 0 Å². The van der Waals surface area contributed by atoms with Gasteiger partial charge in [0.1, 0.15) is 26.4 Å². The van der Waals surface area contributed by atoms with Gasteiger partial charge < -0.3 is 23.1 Å².